The van der Waals surface area contributed by atoms with Gasteiger partial charge >= 0.3 is 6.18 Å². The Hall–Kier alpha value is -3.19. The zero-order chi connectivity index (χ0) is 26.9. The lowest BCUT2D eigenvalue weighted by atomic mass is 9.91. The van der Waals surface area contributed by atoms with Gasteiger partial charge < -0.3 is 10.2 Å². The van der Waals surface area contributed by atoms with Crippen LogP contribution in [0.15, 0.2) is 42.6 Å². The smallest absolute Gasteiger partial charge is 0.341 e. The van der Waals surface area contributed by atoms with Gasteiger partial charge in [-0.1, -0.05) is 18.2 Å². The molecule has 2 saturated carbocycles. The lowest BCUT2D eigenvalue weighted by molar-refractivity contribution is -0.137. The number of rotatable bonds is 9. The van der Waals surface area contributed by atoms with E-state index in [1.54, 1.807) is 12.3 Å². The first-order valence-electron chi connectivity index (χ1n) is 12.6. The Balaban J connectivity index is 1.14. The molecule has 2 aliphatic rings. The molecule has 0 amide bonds. The average Bonchev–Trinajstić information content (AvgIpc) is 3.62. The van der Waals surface area contributed by atoms with E-state index in [0.717, 1.165) is 30.7 Å². The molecule has 9 nitrogen and oxygen atoms in total. The second kappa shape index (κ2) is 10.5. The van der Waals surface area contributed by atoms with Gasteiger partial charge in [0, 0.05) is 43.0 Å². The van der Waals surface area contributed by atoms with Gasteiger partial charge in [0.25, 0.3) is 0 Å². The minimum absolute atomic E-state index is 0.102. The van der Waals surface area contributed by atoms with Crippen molar-refractivity contribution >= 4 is 27.6 Å². The minimum atomic E-state index is -4.52. The second-order valence-corrected chi connectivity index (χ2v) is 11.8. The Kier molecular flexibility index (Phi) is 7.32. The number of H-pyrrole nitrogens is 1. The van der Waals surface area contributed by atoms with Gasteiger partial charge in [-0.2, -0.15) is 23.3 Å². The van der Waals surface area contributed by atoms with Gasteiger partial charge in [-0.25, -0.2) is 18.1 Å². The predicted octanol–water partition coefficient (Wildman–Crippen LogP) is 4.71. The molecule has 2 aliphatic carbocycles. The van der Waals surface area contributed by atoms with Crippen molar-refractivity contribution in [3.8, 4) is 0 Å². The van der Waals surface area contributed by atoms with Gasteiger partial charge in [-0.3, -0.25) is 5.10 Å². The number of sulfonamides is 1. The first kappa shape index (κ1) is 26.4. The zero-order valence-electron chi connectivity index (χ0n) is 20.9. The first-order chi connectivity index (χ1) is 18.1. The summed E-state index contributed by atoms with van der Waals surface area (Å²) < 4.78 is 66.9. The molecule has 2 fully saturated rings. The number of nitrogens with one attached hydrogen (secondary N) is 3. The van der Waals surface area contributed by atoms with Crippen molar-refractivity contribution in [3.05, 3.63) is 59.4 Å². The van der Waals surface area contributed by atoms with Crippen molar-refractivity contribution in [1.29, 1.82) is 0 Å². The maximum absolute atomic E-state index is 13.0. The van der Waals surface area contributed by atoms with Crippen LogP contribution in [-0.2, 0) is 22.0 Å². The van der Waals surface area contributed by atoms with E-state index in [4.69, 9.17) is 0 Å². The van der Waals surface area contributed by atoms with Crippen molar-refractivity contribution < 1.29 is 21.6 Å². The van der Waals surface area contributed by atoms with E-state index < -0.39 is 27.5 Å². The number of aromatic amines is 1. The van der Waals surface area contributed by atoms with Gasteiger partial charge in [0.2, 0.25) is 16.0 Å². The van der Waals surface area contributed by atoms with Crippen molar-refractivity contribution in [2.75, 3.05) is 17.3 Å². The minimum Gasteiger partial charge on any atom is -0.341 e. The Morgan fingerprint density at radius 1 is 1.05 bits per heavy atom. The van der Waals surface area contributed by atoms with Crippen LogP contribution in [0.4, 0.5) is 30.8 Å². The molecule has 0 radical (unpaired) electrons. The molecule has 3 N–H and O–H groups in total. The van der Waals surface area contributed by atoms with Gasteiger partial charge in [-0.15, -0.1) is 0 Å². The van der Waals surface area contributed by atoms with Crippen LogP contribution in [0, 0.1) is 0 Å². The molecule has 0 saturated heterocycles. The van der Waals surface area contributed by atoms with Gasteiger partial charge in [0.05, 0.1) is 11.3 Å². The normalized spacial score (nSPS) is 20.3. The summed E-state index contributed by atoms with van der Waals surface area (Å²) in [7, 11) is -1.88. The van der Waals surface area contributed by atoms with Crippen LogP contribution < -0.4 is 14.9 Å². The highest BCUT2D eigenvalue weighted by atomic mass is 32.2. The number of aromatic nitrogens is 4. The van der Waals surface area contributed by atoms with Gasteiger partial charge in [0.15, 0.2) is 5.82 Å². The molecule has 2 heterocycles. The van der Waals surface area contributed by atoms with E-state index in [2.05, 4.69) is 30.2 Å². The summed E-state index contributed by atoms with van der Waals surface area (Å²) in [6.45, 7) is 0. The summed E-state index contributed by atoms with van der Waals surface area (Å²) in [4.78, 5) is 11.0. The molecule has 1 aromatic carbocycles. The summed E-state index contributed by atoms with van der Waals surface area (Å²) in [6, 6.07) is 8.05. The molecule has 204 valence electrons. The maximum Gasteiger partial charge on any atom is 0.416 e. The fourth-order valence-corrected chi connectivity index (χ4v) is 6.27. The van der Waals surface area contributed by atoms with E-state index >= 15 is 0 Å². The Labute approximate surface area is 219 Å². The van der Waals surface area contributed by atoms with Gasteiger partial charge in [0.1, 0.15) is 5.82 Å². The Morgan fingerprint density at radius 3 is 2.53 bits per heavy atom. The van der Waals surface area contributed by atoms with Crippen LogP contribution in [-0.4, -0.2) is 47.7 Å². The third kappa shape index (κ3) is 6.62. The molecule has 38 heavy (non-hydrogen) atoms. The highest BCUT2D eigenvalue weighted by molar-refractivity contribution is 7.88. The van der Waals surface area contributed by atoms with Crippen LogP contribution in [0.1, 0.15) is 61.3 Å². The molecule has 3 aromatic rings. The summed E-state index contributed by atoms with van der Waals surface area (Å²) in [5.41, 5.74) is 0.369. The molecular weight excluding hydrogens is 519 g/mol. The number of hydrogen-bond acceptors (Lipinski definition) is 7. The maximum atomic E-state index is 13.0. The molecule has 0 atom stereocenters. The van der Waals surface area contributed by atoms with Crippen molar-refractivity contribution in [2.24, 2.45) is 0 Å². The molecule has 2 aromatic heterocycles. The fraction of sp³-hybridized carbons (Fsp3) is 0.480. The van der Waals surface area contributed by atoms with Crippen LogP contribution >= 0.6 is 0 Å². The third-order valence-corrected chi connectivity index (χ3v) is 8.44. The molecule has 0 aliphatic heterocycles. The molecule has 0 bridgehead atoms. The molecule has 5 rings (SSSR count). The van der Waals surface area contributed by atoms with E-state index in [-0.39, 0.29) is 17.6 Å². The van der Waals surface area contributed by atoms with E-state index in [9.17, 15) is 21.6 Å². The summed E-state index contributed by atoms with van der Waals surface area (Å²) >= 11 is 0. The molecule has 0 spiro atoms. The number of benzene rings is 1. The van der Waals surface area contributed by atoms with E-state index in [0.29, 0.717) is 36.3 Å². The Bertz CT molecular complexity index is 1370. The standard InChI is InChI=1S/C25H30F3N7O2S/c1-35(24-29-12-11-22(31-24)30-23-14-21(32-33-23)17-5-6-17)20-9-7-19(8-10-20)34-38(36,37)15-16-3-2-4-18(13-16)25(26,27)28/h2-4,11-14,17,19-20,34H,5-10,15H2,1H3,(H2,29,30,31,32,33). The number of anilines is 3. The lowest BCUT2D eigenvalue weighted by Crippen LogP contribution is -2.43. The first-order valence-corrected chi connectivity index (χ1v) is 14.3. The number of alkyl halides is 3. The highest BCUT2D eigenvalue weighted by Crippen LogP contribution is 2.39. The Morgan fingerprint density at radius 2 is 1.82 bits per heavy atom. The number of hydrogen-bond donors (Lipinski definition) is 3. The van der Waals surface area contributed by atoms with Crippen LogP contribution in [0.5, 0.6) is 0 Å². The predicted molar refractivity (Wildman–Crippen MR) is 138 cm³/mol. The summed E-state index contributed by atoms with van der Waals surface area (Å²) in [5.74, 6) is 1.97. The quantitative estimate of drug-likeness (QED) is 0.354. The average molecular weight is 550 g/mol. The zero-order valence-corrected chi connectivity index (χ0v) is 21.7. The van der Waals surface area contributed by atoms with Gasteiger partial charge in [-0.05, 0) is 56.2 Å². The monoisotopic (exact) mass is 549 g/mol. The number of halogens is 3. The van der Waals surface area contributed by atoms with Crippen molar-refractivity contribution in [3.63, 3.8) is 0 Å². The lowest BCUT2D eigenvalue weighted by Gasteiger charge is -2.34. The fourth-order valence-electron chi connectivity index (χ4n) is 4.82. The summed E-state index contributed by atoms with van der Waals surface area (Å²) in [5, 5.41) is 10.6. The number of nitrogens with zero attached hydrogens (tertiary/aromatic N) is 4. The largest absolute Gasteiger partial charge is 0.416 e. The van der Waals surface area contributed by atoms with Crippen LogP contribution in [0.2, 0.25) is 0 Å². The van der Waals surface area contributed by atoms with Crippen molar-refractivity contribution in [1.82, 2.24) is 24.9 Å². The third-order valence-electron chi connectivity index (χ3n) is 7.03. The van der Waals surface area contributed by atoms with Crippen molar-refractivity contribution in [2.45, 2.75) is 68.5 Å². The van der Waals surface area contributed by atoms with E-state index in [1.165, 1.54) is 25.0 Å². The molecular formula is C25H30F3N7O2S. The van der Waals surface area contributed by atoms with Crippen LogP contribution in [0.3, 0.4) is 0 Å². The molecule has 0 unspecified atom stereocenters. The van der Waals surface area contributed by atoms with E-state index in [1.807, 2.05) is 18.0 Å². The topological polar surface area (TPSA) is 116 Å². The highest BCUT2D eigenvalue weighted by Gasteiger charge is 2.32. The summed E-state index contributed by atoms with van der Waals surface area (Å²) in [6.07, 6.45) is 2.18. The molecule has 13 heteroatoms. The van der Waals surface area contributed by atoms with Crippen LogP contribution in [0.25, 0.3) is 0 Å². The SMILES string of the molecule is CN(c1nccc(Nc2cc(C3CC3)[nH]n2)n1)C1CCC(NS(=O)(=O)Cc2cccc(C(F)(F)F)c2)CC1. The second-order valence-electron chi connectivity index (χ2n) is 10.0.